The van der Waals surface area contributed by atoms with Crippen molar-refractivity contribution in [3.05, 3.63) is 107 Å². The highest BCUT2D eigenvalue weighted by atomic mass is 19.1. The molecule has 6 nitrogen and oxygen atoms in total. The predicted molar refractivity (Wildman–Crippen MR) is 140 cm³/mol. The minimum absolute atomic E-state index is 0.0879. The first-order valence-corrected chi connectivity index (χ1v) is 12.8. The van der Waals surface area contributed by atoms with Crippen LogP contribution in [0.25, 0.3) is 5.69 Å². The lowest BCUT2D eigenvalue weighted by molar-refractivity contribution is 0.0505. The number of aryl methyl sites for hydroxylation is 1. The number of ether oxygens (including phenoxy) is 2. The van der Waals surface area contributed by atoms with Crippen molar-refractivity contribution < 1.29 is 23.0 Å². The summed E-state index contributed by atoms with van der Waals surface area (Å²) in [6, 6.07) is 20.9. The topological polar surface area (TPSA) is 56.6 Å². The second-order valence-corrected chi connectivity index (χ2v) is 9.21. The third-order valence-electron chi connectivity index (χ3n) is 6.56. The summed E-state index contributed by atoms with van der Waals surface area (Å²) in [6.45, 7) is 3.25. The van der Waals surface area contributed by atoms with Crippen molar-refractivity contribution in [3.63, 3.8) is 0 Å². The van der Waals surface area contributed by atoms with Gasteiger partial charge in [-0.1, -0.05) is 25.1 Å². The number of benzene rings is 3. The SMILES string of the molecule is CCc1nn(-c2ccccc2)c(Oc2ccc(F)cc2)c1CN(C[C@@H]1CCCO1)C(=O)c1ccc(F)cc1. The van der Waals surface area contributed by atoms with Gasteiger partial charge in [-0.25, -0.2) is 13.5 Å². The quantitative estimate of drug-likeness (QED) is 0.261. The zero-order chi connectivity index (χ0) is 26.5. The third kappa shape index (κ3) is 5.75. The Morgan fingerprint density at radius 3 is 2.34 bits per heavy atom. The van der Waals surface area contributed by atoms with E-state index in [1.807, 2.05) is 37.3 Å². The normalized spacial score (nSPS) is 15.0. The van der Waals surface area contributed by atoms with Gasteiger partial charge in [0.25, 0.3) is 5.91 Å². The van der Waals surface area contributed by atoms with Gasteiger partial charge in [0.1, 0.15) is 17.4 Å². The first-order chi connectivity index (χ1) is 18.5. The van der Waals surface area contributed by atoms with Gasteiger partial charge in [-0.3, -0.25) is 4.79 Å². The van der Waals surface area contributed by atoms with Gasteiger partial charge in [-0.05, 0) is 79.9 Å². The minimum atomic E-state index is -0.403. The average molecular weight is 518 g/mol. The molecule has 0 saturated carbocycles. The number of para-hydroxylation sites is 1. The highest BCUT2D eigenvalue weighted by Gasteiger charge is 2.28. The second-order valence-electron chi connectivity index (χ2n) is 9.21. The lowest BCUT2D eigenvalue weighted by Gasteiger charge is -2.26. The summed E-state index contributed by atoms with van der Waals surface area (Å²) < 4.78 is 41.1. The Morgan fingerprint density at radius 2 is 1.71 bits per heavy atom. The molecule has 1 atom stereocenters. The van der Waals surface area contributed by atoms with Gasteiger partial charge < -0.3 is 14.4 Å². The van der Waals surface area contributed by atoms with Crippen molar-refractivity contribution in [3.8, 4) is 17.3 Å². The molecule has 196 valence electrons. The van der Waals surface area contributed by atoms with E-state index >= 15 is 0 Å². The van der Waals surface area contributed by atoms with Gasteiger partial charge in [0.2, 0.25) is 5.88 Å². The lowest BCUT2D eigenvalue weighted by atomic mass is 10.1. The summed E-state index contributed by atoms with van der Waals surface area (Å²) in [5.74, 6) is -0.106. The van der Waals surface area contributed by atoms with Gasteiger partial charge in [0, 0.05) is 18.7 Å². The first-order valence-electron chi connectivity index (χ1n) is 12.8. The number of aromatic nitrogens is 2. The smallest absolute Gasteiger partial charge is 0.254 e. The predicted octanol–water partition coefficient (Wildman–Crippen LogP) is 6.33. The molecule has 0 spiro atoms. The summed E-state index contributed by atoms with van der Waals surface area (Å²) in [7, 11) is 0. The Balaban J connectivity index is 1.56. The van der Waals surface area contributed by atoms with Crippen molar-refractivity contribution in [2.75, 3.05) is 13.2 Å². The van der Waals surface area contributed by atoms with Crippen molar-refractivity contribution >= 4 is 5.91 Å². The van der Waals surface area contributed by atoms with E-state index in [0.717, 1.165) is 29.8 Å². The van der Waals surface area contributed by atoms with Gasteiger partial charge >= 0.3 is 0 Å². The summed E-state index contributed by atoms with van der Waals surface area (Å²) in [6.07, 6.45) is 2.31. The van der Waals surface area contributed by atoms with Crippen LogP contribution in [0.4, 0.5) is 8.78 Å². The molecule has 0 radical (unpaired) electrons. The molecule has 1 aliphatic heterocycles. The van der Waals surface area contributed by atoms with E-state index in [4.69, 9.17) is 14.6 Å². The number of carbonyl (C=O) groups is 1. The van der Waals surface area contributed by atoms with Gasteiger partial charge in [-0.2, -0.15) is 5.10 Å². The summed E-state index contributed by atoms with van der Waals surface area (Å²) in [5, 5.41) is 4.84. The monoisotopic (exact) mass is 517 g/mol. The number of halogens is 2. The van der Waals surface area contributed by atoms with E-state index in [2.05, 4.69) is 0 Å². The molecule has 1 aromatic heterocycles. The van der Waals surface area contributed by atoms with Gasteiger partial charge in [-0.15, -0.1) is 0 Å². The van der Waals surface area contributed by atoms with Crippen LogP contribution in [-0.4, -0.2) is 39.8 Å². The van der Waals surface area contributed by atoms with Crippen LogP contribution in [0.5, 0.6) is 11.6 Å². The molecule has 2 heterocycles. The van der Waals surface area contributed by atoms with E-state index in [9.17, 15) is 13.6 Å². The molecule has 8 heteroatoms. The number of nitrogens with zero attached hydrogens (tertiary/aromatic N) is 3. The van der Waals surface area contributed by atoms with Crippen LogP contribution >= 0.6 is 0 Å². The Labute approximate surface area is 220 Å². The summed E-state index contributed by atoms with van der Waals surface area (Å²) >= 11 is 0. The standard InChI is InChI=1S/C30H29F2N3O3/c1-2-28-27(20-34(19-26-9-6-18-37-26)29(36)21-10-12-22(31)13-11-21)30(38-25-16-14-23(32)15-17-25)35(33-28)24-7-4-3-5-8-24/h3-5,7-8,10-17,26H,2,6,9,18-20H2,1H3/t26-/m0/s1. The van der Waals surface area contributed by atoms with Crippen LogP contribution in [-0.2, 0) is 17.7 Å². The van der Waals surface area contributed by atoms with Crippen LogP contribution in [0.15, 0.2) is 78.9 Å². The molecule has 0 aliphatic carbocycles. The largest absolute Gasteiger partial charge is 0.439 e. The molecule has 3 aromatic carbocycles. The van der Waals surface area contributed by atoms with Crippen LogP contribution in [0.2, 0.25) is 0 Å². The van der Waals surface area contributed by atoms with Crippen LogP contribution in [0.3, 0.4) is 0 Å². The van der Waals surface area contributed by atoms with E-state index in [-0.39, 0.29) is 24.4 Å². The molecule has 1 fully saturated rings. The lowest BCUT2D eigenvalue weighted by Crippen LogP contribution is -2.37. The van der Waals surface area contributed by atoms with Crippen molar-refractivity contribution in [2.24, 2.45) is 0 Å². The fourth-order valence-corrected chi connectivity index (χ4v) is 4.60. The van der Waals surface area contributed by atoms with Crippen molar-refractivity contribution in [1.29, 1.82) is 0 Å². The van der Waals surface area contributed by atoms with Crippen molar-refractivity contribution in [1.82, 2.24) is 14.7 Å². The fraction of sp³-hybridized carbons (Fsp3) is 0.267. The molecule has 1 saturated heterocycles. The van der Waals surface area contributed by atoms with Gasteiger partial charge in [0.15, 0.2) is 0 Å². The van der Waals surface area contributed by atoms with Crippen LogP contribution < -0.4 is 4.74 Å². The number of carbonyl (C=O) groups excluding carboxylic acids is 1. The molecule has 0 N–H and O–H groups in total. The molecule has 0 unspecified atom stereocenters. The number of amides is 1. The highest BCUT2D eigenvalue weighted by molar-refractivity contribution is 5.94. The van der Waals surface area contributed by atoms with Crippen molar-refractivity contribution in [2.45, 2.75) is 38.8 Å². The zero-order valence-electron chi connectivity index (χ0n) is 21.1. The molecule has 0 bridgehead atoms. The molecule has 1 aliphatic rings. The molecule has 38 heavy (non-hydrogen) atoms. The maximum absolute atomic E-state index is 13.7. The van der Waals surface area contributed by atoms with Crippen LogP contribution in [0, 0.1) is 11.6 Å². The van der Waals surface area contributed by atoms with E-state index in [1.54, 1.807) is 21.7 Å². The molecule has 1 amide bonds. The van der Waals surface area contributed by atoms with E-state index in [1.165, 1.54) is 36.4 Å². The average Bonchev–Trinajstić information content (AvgIpc) is 3.58. The Hall–Kier alpha value is -4.04. The van der Waals surface area contributed by atoms with Crippen LogP contribution in [0.1, 0.15) is 41.4 Å². The number of hydrogen-bond acceptors (Lipinski definition) is 4. The Kier molecular flexibility index (Phi) is 7.79. The van der Waals surface area contributed by atoms with E-state index in [0.29, 0.717) is 36.8 Å². The maximum atomic E-state index is 13.7. The molecular formula is C30H29F2N3O3. The highest BCUT2D eigenvalue weighted by Crippen LogP contribution is 2.33. The Bertz CT molecular complexity index is 1370. The number of hydrogen-bond donors (Lipinski definition) is 0. The second kappa shape index (κ2) is 11.6. The minimum Gasteiger partial charge on any atom is -0.439 e. The van der Waals surface area contributed by atoms with Gasteiger partial charge in [0.05, 0.1) is 29.6 Å². The number of rotatable bonds is 9. The molecular weight excluding hydrogens is 488 g/mol. The van der Waals surface area contributed by atoms with E-state index < -0.39 is 5.82 Å². The fourth-order valence-electron chi connectivity index (χ4n) is 4.60. The third-order valence-corrected chi connectivity index (χ3v) is 6.56. The summed E-state index contributed by atoms with van der Waals surface area (Å²) in [5.41, 5.74) is 2.70. The molecule has 4 aromatic rings. The maximum Gasteiger partial charge on any atom is 0.254 e. The summed E-state index contributed by atoms with van der Waals surface area (Å²) in [4.78, 5) is 15.4. The Morgan fingerprint density at radius 1 is 1.03 bits per heavy atom. The first kappa shape index (κ1) is 25.6. The molecule has 5 rings (SSSR count). The zero-order valence-corrected chi connectivity index (χ0v) is 21.1.